The number of unbranched alkanes of at least 4 members (excludes halogenated alkanes) is 1. The SMILES string of the molecule is O=C(O)CCC[C@H](OC(=O)N[C@@H](CCCCNC(=O)[C@H](Cc1c2ccccc2cc2ccccc12)NC(=O)C1CCC(CNC(=O)CN2CCN(CC(=O)O)CCN(CC(=O)O)CCN(CC(=O)O)CC2)CC1)C(O)CO)C(=O)O. The highest BCUT2D eigenvalue weighted by Gasteiger charge is 2.32. The molecule has 0 radical (unpaired) electrons. The van der Waals surface area contributed by atoms with Gasteiger partial charge in [-0.3, -0.25) is 53.2 Å². The van der Waals surface area contributed by atoms with Crippen molar-refractivity contribution < 1.29 is 83.6 Å². The molecule has 1 saturated heterocycles. The van der Waals surface area contributed by atoms with Gasteiger partial charge in [0.15, 0.2) is 0 Å². The third-order valence-electron chi connectivity index (χ3n) is 14.7. The number of aliphatic carboxylic acids is 5. The summed E-state index contributed by atoms with van der Waals surface area (Å²) in [4.78, 5) is 119. The van der Waals surface area contributed by atoms with E-state index in [9.17, 15) is 73.8 Å². The first kappa shape index (κ1) is 63.8. The molecule has 25 heteroatoms. The Morgan fingerprint density at radius 1 is 0.600 bits per heavy atom. The molecule has 1 aliphatic carbocycles. The summed E-state index contributed by atoms with van der Waals surface area (Å²) < 4.78 is 5.00. The minimum Gasteiger partial charge on any atom is -0.481 e. The van der Waals surface area contributed by atoms with Gasteiger partial charge < -0.3 is 61.7 Å². The van der Waals surface area contributed by atoms with Crippen LogP contribution in [0.15, 0.2) is 54.6 Å². The number of fused-ring (bicyclic) bond motifs is 2. The number of benzene rings is 3. The van der Waals surface area contributed by atoms with Crippen LogP contribution in [0, 0.1) is 11.8 Å². The maximum Gasteiger partial charge on any atom is 0.408 e. The minimum atomic E-state index is -1.64. The van der Waals surface area contributed by atoms with E-state index in [2.05, 4.69) is 27.3 Å². The van der Waals surface area contributed by atoms with Gasteiger partial charge in [0.1, 0.15) is 6.04 Å². The Bertz CT molecular complexity index is 2490. The number of carbonyl (C=O) groups is 9. The van der Waals surface area contributed by atoms with Crippen LogP contribution < -0.4 is 21.3 Å². The van der Waals surface area contributed by atoms with E-state index in [1.54, 1.807) is 14.7 Å². The van der Waals surface area contributed by atoms with E-state index >= 15 is 0 Å². The third-order valence-corrected chi connectivity index (χ3v) is 14.7. The lowest BCUT2D eigenvalue weighted by molar-refractivity contribution is -0.148. The van der Waals surface area contributed by atoms with Crippen LogP contribution in [0.1, 0.15) is 69.8 Å². The van der Waals surface area contributed by atoms with Crippen molar-refractivity contribution in [2.24, 2.45) is 11.8 Å². The second-order valence-corrected chi connectivity index (χ2v) is 20.7. The lowest BCUT2D eigenvalue weighted by Gasteiger charge is -2.33. The second-order valence-electron chi connectivity index (χ2n) is 20.7. The summed E-state index contributed by atoms with van der Waals surface area (Å²) in [6, 6.07) is 15.6. The van der Waals surface area contributed by atoms with Gasteiger partial charge in [0.25, 0.3) is 0 Å². The van der Waals surface area contributed by atoms with Crippen molar-refractivity contribution in [1.29, 1.82) is 0 Å². The van der Waals surface area contributed by atoms with Gasteiger partial charge in [0, 0.05) is 84.2 Å². The van der Waals surface area contributed by atoms with Gasteiger partial charge in [-0.2, -0.15) is 0 Å². The van der Waals surface area contributed by atoms with Gasteiger partial charge in [0.05, 0.1) is 44.9 Å². The summed E-state index contributed by atoms with van der Waals surface area (Å²) in [5, 5.41) is 82.3. The molecule has 0 spiro atoms. The van der Waals surface area contributed by atoms with Crippen LogP contribution in [-0.4, -0.2) is 232 Å². The monoisotopic (exact) mass is 1120 g/mol. The number of amides is 4. The molecule has 1 saturated carbocycles. The number of nitrogens with zero attached hydrogens (tertiary/aromatic N) is 4. The zero-order chi connectivity index (χ0) is 58.1. The summed E-state index contributed by atoms with van der Waals surface area (Å²) in [6.45, 7) is 1.01. The number of hydrogen-bond acceptors (Lipinski definition) is 16. The quantitative estimate of drug-likeness (QED) is 0.0339. The topological polar surface area (TPSA) is 366 Å². The maximum atomic E-state index is 14.2. The molecule has 11 N–H and O–H groups in total. The molecule has 2 fully saturated rings. The molecule has 2 aliphatic rings. The molecule has 25 nitrogen and oxygen atoms in total. The van der Waals surface area contributed by atoms with Crippen molar-refractivity contribution in [1.82, 2.24) is 40.9 Å². The molecule has 0 aromatic heterocycles. The van der Waals surface area contributed by atoms with Crippen LogP contribution >= 0.6 is 0 Å². The maximum absolute atomic E-state index is 14.2. The molecule has 1 heterocycles. The van der Waals surface area contributed by atoms with Gasteiger partial charge in [-0.25, -0.2) is 9.59 Å². The molecule has 440 valence electrons. The van der Waals surface area contributed by atoms with E-state index in [0.717, 1.165) is 27.1 Å². The van der Waals surface area contributed by atoms with E-state index in [0.29, 0.717) is 58.2 Å². The van der Waals surface area contributed by atoms with Crippen LogP contribution in [0.25, 0.3) is 21.5 Å². The van der Waals surface area contributed by atoms with Gasteiger partial charge in [-0.15, -0.1) is 0 Å². The molecule has 4 amide bonds. The van der Waals surface area contributed by atoms with Crippen molar-refractivity contribution in [2.75, 3.05) is 98.2 Å². The number of hydrogen-bond donors (Lipinski definition) is 11. The van der Waals surface area contributed by atoms with Crippen molar-refractivity contribution in [3.8, 4) is 0 Å². The predicted octanol–water partition coefficient (Wildman–Crippen LogP) is 0.861. The summed E-state index contributed by atoms with van der Waals surface area (Å²) in [5.41, 5.74) is 0.872. The van der Waals surface area contributed by atoms with E-state index < -0.39 is 78.7 Å². The first-order valence-electron chi connectivity index (χ1n) is 27.3. The Balaban J connectivity index is 1.18. The fraction of sp³-hybridized carbons (Fsp3) is 0.582. The van der Waals surface area contributed by atoms with E-state index in [1.165, 1.54) is 0 Å². The molecule has 3 aromatic rings. The lowest BCUT2D eigenvalue weighted by Crippen LogP contribution is -2.50. The Kier molecular flexibility index (Phi) is 26.2. The van der Waals surface area contributed by atoms with Crippen molar-refractivity contribution >= 4 is 75.2 Å². The van der Waals surface area contributed by atoms with Crippen LogP contribution in [0.4, 0.5) is 4.79 Å². The molecule has 80 heavy (non-hydrogen) atoms. The zero-order valence-corrected chi connectivity index (χ0v) is 45.0. The fourth-order valence-electron chi connectivity index (χ4n) is 10.3. The fourth-order valence-corrected chi connectivity index (χ4v) is 10.3. The summed E-state index contributed by atoms with van der Waals surface area (Å²) in [7, 11) is 0. The van der Waals surface area contributed by atoms with Crippen LogP contribution in [0.3, 0.4) is 0 Å². The normalized spacial score (nSPS) is 18.8. The second kappa shape index (κ2) is 32.9. The average molecular weight is 1120 g/mol. The van der Waals surface area contributed by atoms with Gasteiger partial charge >= 0.3 is 35.9 Å². The number of aliphatic hydroxyl groups is 2. The molecule has 3 aromatic carbocycles. The van der Waals surface area contributed by atoms with Crippen LogP contribution in [-0.2, 0) is 49.5 Å². The van der Waals surface area contributed by atoms with Crippen molar-refractivity contribution in [3.05, 3.63) is 60.2 Å². The number of rotatable bonds is 29. The number of aliphatic hydroxyl groups excluding tert-OH is 2. The molecule has 5 rings (SSSR count). The Labute approximate surface area is 463 Å². The number of alkyl carbamates (subject to hydrolysis) is 1. The smallest absolute Gasteiger partial charge is 0.408 e. The molecule has 1 aliphatic heterocycles. The number of carbonyl (C=O) groups excluding carboxylic acids is 4. The van der Waals surface area contributed by atoms with E-state index in [4.69, 9.17) is 9.84 Å². The molecule has 0 bridgehead atoms. The Morgan fingerprint density at radius 2 is 1.11 bits per heavy atom. The standard InChI is InChI=1S/C55H78N8O17/c64-35-45(65)43(59-55(79)80-46(54(77)78)13-7-14-48(67)68)12-5-6-19-56-53(76)44(29-42-40-10-3-1-8-38(40)28-39-9-2-4-11-41(39)42)58-52(75)37-17-15-36(16-18-37)30-57-47(66)31-60-20-22-61(32-49(69)70)24-26-63(34-51(73)74)27-25-62(23-21-60)33-50(71)72/h1-4,8-11,28,36-37,43-46,64-65H,5-7,12-27,29-35H2,(H,56,76)(H,57,66)(H,58,75)(H,59,79)(H,67,68)(H,69,70)(H,71,72)(H,73,74)(H,77,78)/t36?,37?,43-,44-,45?,46-/m0/s1. The van der Waals surface area contributed by atoms with E-state index in [1.807, 2.05) is 53.4 Å². The third kappa shape index (κ3) is 21.9. The number of nitrogens with one attached hydrogen (secondary N) is 4. The van der Waals surface area contributed by atoms with Crippen molar-refractivity contribution in [3.63, 3.8) is 0 Å². The Morgan fingerprint density at radius 3 is 1.60 bits per heavy atom. The zero-order valence-electron chi connectivity index (χ0n) is 45.0. The highest BCUT2D eigenvalue weighted by Crippen LogP contribution is 2.31. The molecule has 1 unspecified atom stereocenters. The summed E-state index contributed by atoms with van der Waals surface area (Å²) >= 11 is 0. The summed E-state index contributed by atoms with van der Waals surface area (Å²) in [6.07, 6.45) is -1.76. The first-order valence-corrected chi connectivity index (χ1v) is 27.3. The molecular formula is C55H78N8O17. The molecule has 4 atom stereocenters. The highest BCUT2D eigenvalue weighted by molar-refractivity contribution is 6.03. The largest absolute Gasteiger partial charge is 0.481 e. The van der Waals surface area contributed by atoms with E-state index in [-0.39, 0.29) is 122 Å². The average Bonchev–Trinajstić information content (AvgIpc) is 3.45. The number of carboxylic acid groups (broad SMARTS) is 5. The van der Waals surface area contributed by atoms with Gasteiger partial charge in [-0.1, -0.05) is 48.5 Å². The van der Waals surface area contributed by atoms with Gasteiger partial charge in [-0.05, 0) is 96.9 Å². The summed E-state index contributed by atoms with van der Waals surface area (Å²) in [5.74, 6) is -7.14. The molecular weight excluding hydrogens is 1040 g/mol. The van der Waals surface area contributed by atoms with Crippen LogP contribution in [0.2, 0.25) is 0 Å². The first-order chi connectivity index (χ1) is 38.3. The lowest BCUT2D eigenvalue weighted by atomic mass is 9.81. The highest BCUT2D eigenvalue weighted by atomic mass is 16.6. The van der Waals surface area contributed by atoms with Crippen LogP contribution in [0.5, 0.6) is 0 Å². The minimum absolute atomic E-state index is 0.0301. The predicted molar refractivity (Wildman–Crippen MR) is 290 cm³/mol. The number of ether oxygens (including phenoxy) is 1. The Hall–Kier alpha value is -7.03. The van der Waals surface area contributed by atoms with Gasteiger partial charge in [0.2, 0.25) is 23.8 Å². The number of carboxylic acids is 5. The van der Waals surface area contributed by atoms with Crippen molar-refractivity contribution in [2.45, 2.75) is 94.9 Å².